The highest BCUT2D eigenvalue weighted by Gasteiger charge is 2.50. The van der Waals surface area contributed by atoms with Gasteiger partial charge in [-0.25, -0.2) is 28.6 Å². The third-order valence-electron chi connectivity index (χ3n) is 7.28. The molecule has 1 fully saturated rings. The summed E-state index contributed by atoms with van der Waals surface area (Å²) in [4.78, 5) is 98.0. The first-order valence-electron chi connectivity index (χ1n) is 15.6. The molecule has 10 N–H and O–H groups in total. The summed E-state index contributed by atoms with van der Waals surface area (Å²) in [5, 5.41) is 25.5. The number of thioether (sulfide) groups is 1. The van der Waals surface area contributed by atoms with Crippen LogP contribution in [-0.4, -0.2) is 128 Å². The average molecular weight is 852 g/mol. The zero-order valence-corrected chi connectivity index (χ0v) is 32.2. The van der Waals surface area contributed by atoms with Crippen molar-refractivity contribution in [3.05, 3.63) is 12.7 Å². The van der Waals surface area contributed by atoms with Gasteiger partial charge in [-0.05, 0) is 0 Å². The number of ether oxygens (including phenoxy) is 1. The summed E-state index contributed by atoms with van der Waals surface area (Å²) in [5.74, 6) is -1.96. The molecular weight excluding hydrogens is 811 g/mol. The lowest BCUT2D eigenvalue weighted by molar-refractivity contribution is -0.137. The molecule has 2 unspecified atom stereocenters. The highest BCUT2D eigenvalue weighted by molar-refractivity contribution is 8.15. The lowest BCUT2D eigenvalue weighted by Crippen LogP contribution is -2.46. The quantitative estimate of drug-likeness (QED) is 0.0398. The van der Waals surface area contributed by atoms with Crippen LogP contribution in [0.15, 0.2) is 12.7 Å². The fraction of sp³-hybridized carbons (Fsp3) is 0.640. The third-order valence-corrected chi connectivity index (χ3v) is 11.3. The van der Waals surface area contributed by atoms with Crippen LogP contribution in [0.1, 0.15) is 39.8 Å². The number of phosphoric ester groups is 3. The molecule has 1 aliphatic heterocycles. The molecule has 3 heterocycles. The summed E-state index contributed by atoms with van der Waals surface area (Å²) in [5.41, 5.74) is 4.22. The van der Waals surface area contributed by atoms with E-state index in [1.165, 1.54) is 13.8 Å². The minimum absolute atomic E-state index is 0.0234. The second-order valence-corrected chi connectivity index (χ2v) is 17.3. The molecule has 0 spiro atoms. The SMILES string of the molecule is CCC(=O)C(=O)SCCNC(=O)CCNC(=O)[C@H](O)C(C)(C)COP(=O)(O)OP(=O)(O)OC[C@H]1O[C@@H](n2cnc3c(N)ncnc32)[C@H](O)[C@@H]1OP(=O)(O)O. The van der Waals surface area contributed by atoms with Gasteiger partial charge in [-0.3, -0.25) is 37.3 Å². The molecule has 2 amide bonds. The zero-order chi connectivity index (χ0) is 40.6. The van der Waals surface area contributed by atoms with Crippen molar-refractivity contribution >= 4 is 74.9 Å². The fourth-order valence-corrected chi connectivity index (χ4v) is 8.02. The number of imidazole rings is 1. The molecule has 54 heavy (non-hydrogen) atoms. The molecular formula is C25H40N7O18P3S. The fourth-order valence-electron chi connectivity index (χ4n) is 4.50. The molecule has 0 bridgehead atoms. The number of aliphatic hydroxyl groups excluding tert-OH is 2. The number of aromatic nitrogens is 4. The van der Waals surface area contributed by atoms with Crippen molar-refractivity contribution in [2.45, 2.75) is 64.3 Å². The van der Waals surface area contributed by atoms with E-state index in [4.69, 9.17) is 19.5 Å². The molecule has 0 saturated carbocycles. The summed E-state index contributed by atoms with van der Waals surface area (Å²) in [6.45, 7) is 1.78. The monoisotopic (exact) mass is 851 g/mol. The number of nitrogens with one attached hydrogen (secondary N) is 2. The van der Waals surface area contributed by atoms with Crippen molar-refractivity contribution in [2.24, 2.45) is 5.41 Å². The van der Waals surface area contributed by atoms with Crippen LogP contribution in [0.2, 0.25) is 0 Å². The number of amides is 2. The maximum absolute atomic E-state index is 12.6. The van der Waals surface area contributed by atoms with Crippen molar-refractivity contribution in [3.63, 3.8) is 0 Å². The van der Waals surface area contributed by atoms with E-state index >= 15 is 0 Å². The van der Waals surface area contributed by atoms with Crippen LogP contribution in [0.25, 0.3) is 11.2 Å². The van der Waals surface area contributed by atoms with Gasteiger partial charge in [0.05, 0.1) is 19.5 Å². The van der Waals surface area contributed by atoms with Crippen molar-refractivity contribution in [1.29, 1.82) is 0 Å². The maximum Gasteiger partial charge on any atom is 0.481 e. The number of hydrogen-bond donors (Lipinski definition) is 9. The van der Waals surface area contributed by atoms with Crippen molar-refractivity contribution in [3.8, 4) is 0 Å². The number of rotatable bonds is 21. The molecule has 25 nitrogen and oxygen atoms in total. The van der Waals surface area contributed by atoms with Gasteiger partial charge >= 0.3 is 23.5 Å². The number of nitrogens with two attached hydrogens (primary N) is 1. The number of aliphatic hydroxyl groups is 2. The Morgan fingerprint density at radius 2 is 1.72 bits per heavy atom. The zero-order valence-electron chi connectivity index (χ0n) is 28.7. The van der Waals surface area contributed by atoms with Gasteiger partial charge < -0.3 is 50.9 Å². The van der Waals surface area contributed by atoms with Crippen LogP contribution >= 0.6 is 35.2 Å². The number of ketones is 1. The van der Waals surface area contributed by atoms with Gasteiger partial charge in [0, 0.05) is 37.1 Å². The maximum atomic E-state index is 12.6. The minimum Gasteiger partial charge on any atom is -0.386 e. The molecule has 0 aliphatic carbocycles. The second kappa shape index (κ2) is 18.9. The van der Waals surface area contributed by atoms with E-state index in [1.54, 1.807) is 6.92 Å². The van der Waals surface area contributed by atoms with Crippen LogP contribution in [0.4, 0.5) is 5.82 Å². The molecule has 0 aromatic carbocycles. The number of phosphoric acid groups is 3. The highest BCUT2D eigenvalue weighted by atomic mass is 32.2. The van der Waals surface area contributed by atoms with Gasteiger partial charge in [0.2, 0.25) is 17.6 Å². The highest BCUT2D eigenvalue weighted by Crippen LogP contribution is 2.61. The summed E-state index contributed by atoms with van der Waals surface area (Å²) in [6.07, 6.45) is -6.98. The Morgan fingerprint density at radius 3 is 2.37 bits per heavy atom. The Kier molecular flexibility index (Phi) is 16.0. The minimum atomic E-state index is -5.58. The van der Waals surface area contributed by atoms with E-state index in [0.29, 0.717) is 0 Å². The number of anilines is 1. The molecule has 0 radical (unpaired) electrons. The second-order valence-electron chi connectivity index (χ2n) is 12.0. The summed E-state index contributed by atoms with van der Waals surface area (Å²) >= 11 is 0.753. The van der Waals surface area contributed by atoms with E-state index in [9.17, 15) is 62.7 Å². The number of carbonyl (C=O) groups is 4. The van der Waals surface area contributed by atoms with E-state index in [-0.39, 0.29) is 48.7 Å². The number of carbonyl (C=O) groups excluding carboxylic acids is 4. The van der Waals surface area contributed by atoms with Gasteiger partial charge in [-0.1, -0.05) is 32.5 Å². The molecule has 1 saturated heterocycles. The topological polar surface area (TPSA) is 381 Å². The predicted molar refractivity (Wildman–Crippen MR) is 182 cm³/mol. The molecule has 304 valence electrons. The normalized spacial score (nSPS) is 21.9. The van der Waals surface area contributed by atoms with Gasteiger partial charge in [0.15, 0.2) is 17.7 Å². The van der Waals surface area contributed by atoms with Crippen LogP contribution in [0.5, 0.6) is 0 Å². The standard InChI is InChI=1S/C25H40N7O18P3S/c1-4-13(33)24(38)54-8-7-27-15(34)5-6-28-22(37)19(36)25(2,3)10-47-53(44,45)50-52(42,43)46-9-14-18(49-51(39,40)41)17(35)23(48-14)32-12-31-16-20(26)29-11-30-21(16)32/h11-12,14,17-19,23,35-36H,4-10H2,1-3H3,(H,27,34)(H,28,37)(H,42,43)(H,44,45)(H2,26,29,30)(H2,39,40,41)/t14-,17-,18-,19+,23-/m1/s1. The van der Waals surface area contributed by atoms with Crippen LogP contribution < -0.4 is 16.4 Å². The first-order valence-corrected chi connectivity index (χ1v) is 21.1. The summed E-state index contributed by atoms with van der Waals surface area (Å²) < 4.78 is 61.9. The van der Waals surface area contributed by atoms with Gasteiger partial charge in [0.25, 0.3) is 5.12 Å². The van der Waals surface area contributed by atoms with Crippen LogP contribution in [-0.2, 0) is 55.5 Å². The number of hydrogen-bond acceptors (Lipinski definition) is 19. The van der Waals surface area contributed by atoms with Gasteiger partial charge in [-0.2, -0.15) is 4.31 Å². The molecule has 2 aromatic rings. The summed E-state index contributed by atoms with van der Waals surface area (Å²) in [7, 11) is -16.4. The van der Waals surface area contributed by atoms with Crippen molar-refractivity contribution < 1.29 is 85.3 Å². The van der Waals surface area contributed by atoms with Crippen LogP contribution in [0.3, 0.4) is 0 Å². The number of nitrogen functional groups attached to an aromatic ring is 1. The first-order chi connectivity index (χ1) is 25.0. The lowest BCUT2D eigenvalue weighted by atomic mass is 9.87. The van der Waals surface area contributed by atoms with E-state index in [0.717, 1.165) is 29.0 Å². The largest absolute Gasteiger partial charge is 0.481 e. The smallest absolute Gasteiger partial charge is 0.386 e. The lowest BCUT2D eigenvalue weighted by Gasteiger charge is -2.30. The van der Waals surface area contributed by atoms with Crippen molar-refractivity contribution in [1.82, 2.24) is 30.2 Å². The number of Topliss-reactive ketones (excluding diaryl/α,β-unsaturated/α-hetero) is 1. The van der Waals surface area contributed by atoms with E-state index < -0.39 is 95.5 Å². The van der Waals surface area contributed by atoms with Crippen molar-refractivity contribution in [2.75, 3.05) is 37.8 Å². The number of nitrogens with zero attached hydrogens (tertiary/aromatic N) is 4. The Balaban J connectivity index is 1.51. The first kappa shape index (κ1) is 45.6. The Bertz CT molecular complexity index is 1830. The molecule has 29 heteroatoms. The molecule has 3 rings (SSSR count). The predicted octanol–water partition coefficient (Wildman–Crippen LogP) is -1.36. The Morgan fingerprint density at radius 1 is 1.06 bits per heavy atom. The number of fused-ring (bicyclic) bond motifs is 1. The van der Waals surface area contributed by atoms with Crippen LogP contribution in [0, 0.1) is 5.41 Å². The Hall–Kier alpha value is -2.77. The van der Waals surface area contributed by atoms with Gasteiger partial charge in [-0.15, -0.1) is 0 Å². The molecule has 7 atom stereocenters. The van der Waals surface area contributed by atoms with Gasteiger partial charge in [0.1, 0.15) is 36.3 Å². The molecule has 2 aromatic heterocycles. The van der Waals surface area contributed by atoms with E-state index in [1.807, 2.05) is 0 Å². The molecule has 1 aliphatic rings. The summed E-state index contributed by atoms with van der Waals surface area (Å²) in [6, 6.07) is 0. The Labute approximate surface area is 310 Å². The van der Waals surface area contributed by atoms with E-state index in [2.05, 4.69) is 34.4 Å². The third kappa shape index (κ3) is 13.2. The average Bonchev–Trinajstić information content (AvgIpc) is 3.64.